The zero-order valence-electron chi connectivity index (χ0n) is 23.9. The minimum Gasteiger partial charge on any atom is -0.458 e. The smallest absolute Gasteiger partial charge is 0.337 e. The average Bonchev–Trinajstić information content (AvgIpc) is 2.93. The van der Waals surface area contributed by atoms with Crippen molar-refractivity contribution in [1.82, 2.24) is 15.1 Å². The van der Waals surface area contributed by atoms with Gasteiger partial charge in [-0.25, -0.2) is 9.59 Å². The second-order valence-electron chi connectivity index (χ2n) is 10.6. The quantitative estimate of drug-likeness (QED) is 0.458. The van der Waals surface area contributed by atoms with E-state index in [0.29, 0.717) is 73.2 Å². The molecule has 10 heteroatoms. The van der Waals surface area contributed by atoms with Crippen LogP contribution >= 0.6 is 0 Å². The van der Waals surface area contributed by atoms with Crippen LogP contribution < -0.4 is 5.32 Å². The van der Waals surface area contributed by atoms with Gasteiger partial charge in [-0.15, -0.1) is 0 Å². The van der Waals surface area contributed by atoms with E-state index in [1.165, 1.54) is 0 Å². The van der Waals surface area contributed by atoms with Crippen molar-refractivity contribution >= 4 is 11.9 Å². The molecule has 0 bridgehead atoms. The molecule has 2 saturated heterocycles. The number of nitrogens with one attached hydrogen (secondary N) is 1. The number of carbonyl (C=O) groups is 2. The monoisotopic (exact) mass is 552 g/mol. The summed E-state index contributed by atoms with van der Waals surface area (Å²) in [4.78, 5) is 31.9. The van der Waals surface area contributed by atoms with Crippen LogP contribution in [-0.2, 0) is 28.5 Å². The number of nitrogens with zero attached hydrogens (tertiary/aromatic N) is 3. The predicted molar refractivity (Wildman–Crippen MR) is 148 cm³/mol. The zero-order valence-corrected chi connectivity index (χ0v) is 23.9. The molecular weight excluding hydrogens is 512 g/mol. The van der Waals surface area contributed by atoms with E-state index in [-0.39, 0.29) is 12.2 Å². The van der Waals surface area contributed by atoms with Gasteiger partial charge in [0, 0.05) is 50.7 Å². The van der Waals surface area contributed by atoms with Crippen molar-refractivity contribution in [3.8, 4) is 6.07 Å². The molecule has 2 unspecified atom stereocenters. The second-order valence-corrected chi connectivity index (χ2v) is 10.6. The maximum Gasteiger partial charge on any atom is 0.337 e. The molecule has 216 valence electrons. The summed E-state index contributed by atoms with van der Waals surface area (Å²) in [6.45, 7) is 14.3. The first-order valence-corrected chi connectivity index (χ1v) is 14.0. The molecule has 0 radical (unpaired) electrons. The Hall–Kier alpha value is -3.23. The Bertz CT molecular complexity index is 1110. The van der Waals surface area contributed by atoms with Gasteiger partial charge in [0.1, 0.15) is 12.2 Å². The number of dihydropyridines is 1. The topological polar surface area (TPSA) is 113 Å². The summed E-state index contributed by atoms with van der Waals surface area (Å²) in [6.07, 6.45) is -0.735. The third-order valence-corrected chi connectivity index (χ3v) is 7.40. The summed E-state index contributed by atoms with van der Waals surface area (Å²) in [5.41, 5.74) is 2.97. The van der Waals surface area contributed by atoms with Gasteiger partial charge in [-0.3, -0.25) is 9.80 Å². The van der Waals surface area contributed by atoms with E-state index in [4.69, 9.17) is 18.9 Å². The minimum absolute atomic E-state index is 0.335. The van der Waals surface area contributed by atoms with Crippen molar-refractivity contribution in [3.63, 3.8) is 0 Å². The average molecular weight is 553 g/mol. The van der Waals surface area contributed by atoms with E-state index in [9.17, 15) is 14.9 Å². The highest BCUT2D eigenvalue weighted by Gasteiger charge is 2.39. The standard InChI is InChI=1S/C30H40N4O6/c1-20(18-33-8-12-37-13-9-33)39-29(35)26-22(3)32-23(4)27(28(26)25-7-5-6-24(16-25)17-31)30(36)40-21(2)19-34-10-14-38-15-11-34/h5-7,16,20-21,28,32H,8-15,18-19H2,1-4H3. The van der Waals surface area contributed by atoms with Gasteiger partial charge in [-0.1, -0.05) is 12.1 Å². The van der Waals surface area contributed by atoms with Gasteiger partial charge in [0.2, 0.25) is 0 Å². The Morgan fingerprint density at radius 2 is 1.40 bits per heavy atom. The van der Waals surface area contributed by atoms with Crippen molar-refractivity contribution in [2.24, 2.45) is 0 Å². The lowest BCUT2D eigenvalue weighted by Crippen LogP contribution is -2.42. The molecule has 1 N–H and O–H groups in total. The number of carbonyl (C=O) groups excluding carboxylic acids is 2. The summed E-state index contributed by atoms with van der Waals surface area (Å²) in [5.74, 6) is -1.75. The molecule has 40 heavy (non-hydrogen) atoms. The molecule has 1 aromatic carbocycles. The van der Waals surface area contributed by atoms with Crippen molar-refractivity contribution in [3.05, 3.63) is 57.9 Å². The molecule has 0 aliphatic carbocycles. The number of hydrogen-bond acceptors (Lipinski definition) is 10. The molecule has 0 saturated carbocycles. The Balaban J connectivity index is 1.58. The first kappa shape index (κ1) is 29.7. The summed E-state index contributed by atoms with van der Waals surface area (Å²) >= 11 is 0. The number of morpholine rings is 2. The fourth-order valence-corrected chi connectivity index (χ4v) is 5.52. The summed E-state index contributed by atoms with van der Waals surface area (Å²) < 4.78 is 22.7. The fourth-order valence-electron chi connectivity index (χ4n) is 5.52. The molecule has 10 nitrogen and oxygen atoms in total. The molecule has 3 heterocycles. The van der Waals surface area contributed by atoms with E-state index < -0.39 is 17.9 Å². The number of ether oxygens (including phenoxy) is 4. The minimum atomic E-state index is -0.749. The predicted octanol–water partition coefficient (Wildman–Crippen LogP) is 2.32. The van der Waals surface area contributed by atoms with E-state index in [1.807, 2.05) is 19.9 Å². The fraction of sp³-hybridized carbons (Fsp3) is 0.567. The summed E-state index contributed by atoms with van der Waals surface area (Å²) in [6, 6.07) is 9.16. The highest BCUT2D eigenvalue weighted by atomic mass is 16.5. The van der Waals surface area contributed by atoms with E-state index in [1.54, 1.807) is 32.0 Å². The number of nitriles is 1. The van der Waals surface area contributed by atoms with Crippen LogP contribution in [0.5, 0.6) is 0 Å². The van der Waals surface area contributed by atoms with Gasteiger partial charge in [0.15, 0.2) is 0 Å². The molecule has 0 aromatic heterocycles. The molecule has 3 aliphatic rings. The molecule has 1 aromatic rings. The first-order valence-electron chi connectivity index (χ1n) is 14.0. The third-order valence-electron chi connectivity index (χ3n) is 7.40. The lowest BCUT2D eigenvalue weighted by Gasteiger charge is -2.33. The Morgan fingerprint density at radius 3 is 1.85 bits per heavy atom. The number of rotatable bonds is 9. The lowest BCUT2D eigenvalue weighted by molar-refractivity contribution is -0.145. The van der Waals surface area contributed by atoms with Gasteiger partial charge in [0.25, 0.3) is 0 Å². The largest absolute Gasteiger partial charge is 0.458 e. The third kappa shape index (κ3) is 7.49. The van der Waals surface area contributed by atoms with E-state index in [2.05, 4.69) is 21.2 Å². The maximum atomic E-state index is 13.7. The first-order chi connectivity index (χ1) is 19.3. The van der Waals surface area contributed by atoms with Crippen LogP contribution in [0, 0.1) is 11.3 Å². The second kappa shape index (κ2) is 13.9. The highest BCUT2D eigenvalue weighted by Crippen LogP contribution is 2.40. The number of benzene rings is 1. The van der Waals surface area contributed by atoms with Crippen molar-refractivity contribution in [2.45, 2.75) is 45.8 Å². The van der Waals surface area contributed by atoms with Crippen LogP contribution in [0.15, 0.2) is 46.8 Å². The van der Waals surface area contributed by atoms with E-state index >= 15 is 0 Å². The van der Waals surface area contributed by atoms with Gasteiger partial charge >= 0.3 is 11.9 Å². The molecule has 3 aliphatic heterocycles. The van der Waals surface area contributed by atoms with Crippen LogP contribution in [0.25, 0.3) is 0 Å². The zero-order chi connectivity index (χ0) is 28.6. The summed E-state index contributed by atoms with van der Waals surface area (Å²) in [7, 11) is 0. The van der Waals surface area contributed by atoms with Gasteiger partial charge in [0.05, 0.1) is 55.1 Å². The Morgan fingerprint density at radius 1 is 0.925 bits per heavy atom. The lowest BCUT2D eigenvalue weighted by atomic mass is 9.80. The molecule has 2 fully saturated rings. The van der Waals surface area contributed by atoms with Crippen LogP contribution in [-0.4, -0.2) is 99.6 Å². The van der Waals surface area contributed by atoms with Gasteiger partial charge < -0.3 is 24.3 Å². The van der Waals surface area contributed by atoms with E-state index in [0.717, 1.165) is 26.2 Å². The Labute approximate surface area is 236 Å². The SMILES string of the molecule is CC1=C(C(=O)OC(C)CN2CCOCC2)C(c2cccc(C#N)c2)C(C(=O)OC(C)CN2CCOCC2)=C(C)N1. The number of hydrogen-bond donors (Lipinski definition) is 1. The van der Waals surface area contributed by atoms with Crippen molar-refractivity contribution in [1.29, 1.82) is 5.26 Å². The van der Waals surface area contributed by atoms with Crippen LogP contribution in [0.2, 0.25) is 0 Å². The highest BCUT2D eigenvalue weighted by molar-refractivity contribution is 6.00. The van der Waals surface area contributed by atoms with Crippen LogP contribution in [0.3, 0.4) is 0 Å². The van der Waals surface area contributed by atoms with Gasteiger partial charge in [-0.2, -0.15) is 5.26 Å². The molecule has 2 atom stereocenters. The van der Waals surface area contributed by atoms with Crippen LogP contribution in [0.1, 0.15) is 44.7 Å². The molecule has 0 spiro atoms. The maximum absolute atomic E-state index is 13.7. The summed E-state index contributed by atoms with van der Waals surface area (Å²) in [5, 5.41) is 12.8. The number of esters is 2. The number of allylic oxidation sites excluding steroid dienone is 2. The molecule has 0 amide bonds. The van der Waals surface area contributed by atoms with Gasteiger partial charge in [-0.05, 0) is 45.4 Å². The van der Waals surface area contributed by atoms with Crippen molar-refractivity contribution < 1.29 is 28.5 Å². The molecular formula is C30H40N4O6. The van der Waals surface area contributed by atoms with Crippen molar-refractivity contribution in [2.75, 3.05) is 65.7 Å². The normalized spacial score (nSPS) is 22.2. The molecule has 4 rings (SSSR count). The Kier molecular flexibility index (Phi) is 10.3. The van der Waals surface area contributed by atoms with Crippen LogP contribution in [0.4, 0.5) is 0 Å².